The average molecular weight is 328 g/mol. The number of carbonyl (C=O) groups excluding carboxylic acids is 1. The summed E-state index contributed by atoms with van der Waals surface area (Å²) in [6, 6.07) is 6.97. The van der Waals surface area contributed by atoms with Crippen LogP contribution in [0.2, 0.25) is 0 Å². The van der Waals surface area contributed by atoms with E-state index in [9.17, 15) is 22.4 Å². The zero-order valence-electron chi connectivity index (χ0n) is 12.2. The van der Waals surface area contributed by atoms with Crippen LogP contribution in [0.3, 0.4) is 0 Å². The highest BCUT2D eigenvalue weighted by Crippen LogP contribution is 2.32. The van der Waals surface area contributed by atoms with E-state index in [1.54, 1.807) is 6.92 Å². The van der Waals surface area contributed by atoms with Gasteiger partial charge in [0.05, 0.1) is 5.56 Å². The lowest BCUT2D eigenvalue weighted by molar-refractivity contribution is -0.274. The first-order chi connectivity index (χ1) is 10.7. The lowest BCUT2D eigenvalue weighted by Crippen LogP contribution is -2.17. The maximum absolute atomic E-state index is 13.1. The van der Waals surface area contributed by atoms with Crippen molar-refractivity contribution in [1.82, 2.24) is 0 Å². The molecular formula is C16H12F4O3. The molecule has 2 aromatic carbocycles. The Morgan fingerprint density at radius 1 is 1.04 bits per heavy atom. The van der Waals surface area contributed by atoms with Crippen molar-refractivity contribution >= 4 is 5.78 Å². The van der Waals surface area contributed by atoms with Crippen LogP contribution in [0.5, 0.6) is 17.2 Å². The van der Waals surface area contributed by atoms with E-state index in [4.69, 9.17) is 4.74 Å². The molecule has 0 aliphatic carbocycles. The number of hydrogen-bond donors (Lipinski definition) is 0. The number of benzene rings is 2. The summed E-state index contributed by atoms with van der Waals surface area (Å²) in [5.74, 6) is -1.12. The molecule has 0 saturated carbocycles. The first kappa shape index (κ1) is 16.8. The van der Waals surface area contributed by atoms with E-state index < -0.39 is 23.7 Å². The van der Waals surface area contributed by atoms with Crippen molar-refractivity contribution in [2.45, 2.75) is 20.2 Å². The van der Waals surface area contributed by atoms with Crippen LogP contribution in [0.25, 0.3) is 0 Å². The Balaban J connectivity index is 2.36. The minimum absolute atomic E-state index is 0.0572. The van der Waals surface area contributed by atoms with Gasteiger partial charge in [-0.05, 0) is 55.8 Å². The number of rotatable bonds is 4. The molecule has 0 spiro atoms. The van der Waals surface area contributed by atoms with Crippen molar-refractivity contribution in [3.8, 4) is 17.2 Å². The Morgan fingerprint density at radius 2 is 1.70 bits per heavy atom. The number of carbonyl (C=O) groups is 1. The maximum atomic E-state index is 13.1. The Labute approximate surface area is 129 Å². The third-order valence-electron chi connectivity index (χ3n) is 2.92. The summed E-state index contributed by atoms with van der Waals surface area (Å²) in [7, 11) is 0. The number of ether oxygens (including phenoxy) is 2. The first-order valence-corrected chi connectivity index (χ1v) is 6.50. The van der Waals surface area contributed by atoms with E-state index in [2.05, 4.69) is 4.74 Å². The number of hydrogen-bond acceptors (Lipinski definition) is 3. The first-order valence-electron chi connectivity index (χ1n) is 6.50. The molecule has 23 heavy (non-hydrogen) atoms. The van der Waals surface area contributed by atoms with Crippen LogP contribution in [0.1, 0.15) is 22.8 Å². The molecule has 2 rings (SSSR count). The SMILES string of the molecule is CC(=O)c1cc(OC(F)(F)F)ccc1Oc1ccc(F)cc1C. The van der Waals surface area contributed by atoms with Gasteiger partial charge in [-0.3, -0.25) is 4.79 Å². The summed E-state index contributed by atoms with van der Waals surface area (Å²) in [5.41, 5.74) is 0.408. The fourth-order valence-electron chi connectivity index (χ4n) is 1.92. The van der Waals surface area contributed by atoms with Gasteiger partial charge in [0.15, 0.2) is 5.78 Å². The molecule has 0 unspecified atom stereocenters. The largest absolute Gasteiger partial charge is 0.573 e. The third-order valence-corrected chi connectivity index (χ3v) is 2.92. The quantitative estimate of drug-likeness (QED) is 0.583. The van der Waals surface area contributed by atoms with Crippen LogP contribution < -0.4 is 9.47 Å². The Morgan fingerprint density at radius 3 is 2.26 bits per heavy atom. The Bertz CT molecular complexity index is 739. The second kappa shape index (κ2) is 6.28. The molecule has 0 aliphatic heterocycles. The zero-order chi connectivity index (χ0) is 17.2. The van der Waals surface area contributed by atoms with Crippen molar-refractivity contribution in [3.05, 3.63) is 53.3 Å². The summed E-state index contributed by atoms with van der Waals surface area (Å²) in [6.07, 6.45) is -4.86. The monoisotopic (exact) mass is 328 g/mol. The van der Waals surface area contributed by atoms with Crippen LogP contribution >= 0.6 is 0 Å². The lowest BCUT2D eigenvalue weighted by atomic mass is 10.1. The Hall–Kier alpha value is -2.57. The van der Waals surface area contributed by atoms with Gasteiger partial charge >= 0.3 is 6.36 Å². The average Bonchev–Trinajstić information content (AvgIpc) is 2.41. The fraction of sp³-hybridized carbons (Fsp3) is 0.188. The van der Waals surface area contributed by atoms with Gasteiger partial charge in [-0.25, -0.2) is 4.39 Å². The molecule has 0 radical (unpaired) electrons. The van der Waals surface area contributed by atoms with Crippen molar-refractivity contribution in [2.24, 2.45) is 0 Å². The second-order valence-electron chi connectivity index (χ2n) is 4.77. The van der Waals surface area contributed by atoms with Crippen molar-refractivity contribution in [3.63, 3.8) is 0 Å². The predicted molar refractivity (Wildman–Crippen MR) is 74.3 cm³/mol. The third kappa shape index (κ3) is 4.45. The van der Waals surface area contributed by atoms with Gasteiger partial charge in [-0.2, -0.15) is 0 Å². The summed E-state index contributed by atoms with van der Waals surface area (Å²) < 4.78 is 59.1. The lowest BCUT2D eigenvalue weighted by Gasteiger charge is -2.14. The highest BCUT2D eigenvalue weighted by molar-refractivity contribution is 5.97. The van der Waals surface area contributed by atoms with E-state index in [1.807, 2.05) is 0 Å². The molecule has 0 saturated heterocycles. The molecule has 122 valence electrons. The molecule has 3 nitrogen and oxygen atoms in total. The molecular weight excluding hydrogens is 316 g/mol. The molecule has 0 N–H and O–H groups in total. The van der Waals surface area contributed by atoms with Crippen molar-refractivity contribution in [2.75, 3.05) is 0 Å². The molecule has 0 aromatic heterocycles. The molecule has 0 aliphatic rings. The zero-order valence-corrected chi connectivity index (χ0v) is 12.2. The van der Waals surface area contributed by atoms with Gasteiger partial charge < -0.3 is 9.47 Å². The van der Waals surface area contributed by atoms with Gasteiger partial charge in [0.2, 0.25) is 0 Å². The van der Waals surface area contributed by atoms with Gasteiger partial charge in [-0.1, -0.05) is 0 Å². The van der Waals surface area contributed by atoms with Crippen molar-refractivity contribution in [1.29, 1.82) is 0 Å². The van der Waals surface area contributed by atoms with E-state index in [0.29, 0.717) is 11.3 Å². The van der Waals surface area contributed by atoms with Crippen LogP contribution in [0, 0.1) is 12.7 Å². The van der Waals surface area contributed by atoms with E-state index in [0.717, 1.165) is 12.1 Å². The normalized spacial score (nSPS) is 11.2. The highest BCUT2D eigenvalue weighted by atomic mass is 19.4. The summed E-state index contributed by atoms with van der Waals surface area (Å²) >= 11 is 0. The van der Waals surface area contributed by atoms with Gasteiger partial charge in [-0.15, -0.1) is 13.2 Å². The molecule has 0 atom stereocenters. The van der Waals surface area contributed by atoms with E-state index in [-0.39, 0.29) is 11.3 Å². The molecule has 0 heterocycles. The maximum Gasteiger partial charge on any atom is 0.573 e. The van der Waals surface area contributed by atoms with Crippen molar-refractivity contribution < 1.29 is 31.8 Å². The molecule has 0 fully saturated rings. The van der Waals surface area contributed by atoms with Crippen LogP contribution in [-0.4, -0.2) is 12.1 Å². The topological polar surface area (TPSA) is 35.5 Å². The molecule has 2 aromatic rings. The smallest absolute Gasteiger partial charge is 0.456 e. The summed E-state index contributed by atoms with van der Waals surface area (Å²) in [4.78, 5) is 11.6. The number of alkyl halides is 3. The molecule has 0 amide bonds. The number of aryl methyl sites for hydroxylation is 1. The number of ketones is 1. The summed E-state index contributed by atoms with van der Waals surface area (Å²) in [6.45, 7) is 2.80. The van der Waals surface area contributed by atoms with Gasteiger partial charge in [0.1, 0.15) is 23.1 Å². The molecule has 0 bridgehead atoms. The highest BCUT2D eigenvalue weighted by Gasteiger charge is 2.31. The Kier molecular flexibility index (Phi) is 4.58. The van der Waals surface area contributed by atoms with Crippen LogP contribution in [0.15, 0.2) is 36.4 Å². The van der Waals surface area contributed by atoms with Gasteiger partial charge in [0.25, 0.3) is 0 Å². The standard InChI is InChI=1S/C16H12F4O3/c1-9-7-11(17)3-5-14(9)22-15-6-4-12(23-16(18,19)20)8-13(15)10(2)21/h3-8H,1-2H3. The molecule has 7 heteroatoms. The second-order valence-corrected chi connectivity index (χ2v) is 4.77. The minimum atomic E-state index is -4.86. The van der Waals surface area contributed by atoms with Gasteiger partial charge in [0, 0.05) is 0 Å². The van der Waals surface area contributed by atoms with Crippen LogP contribution in [0.4, 0.5) is 17.6 Å². The predicted octanol–water partition coefficient (Wildman–Crippen LogP) is 5.03. The van der Waals surface area contributed by atoms with Crippen LogP contribution in [-0.2, 0) is 0 Å². The minimum Gasteiger partial charge on any atom is -0.456 e. The number of halogens is 4. The number of Topliss-reactive ketones (excluding diaryl/α,β-unsaturated/α-hetero) is 1. The van der Waals surface area contributed by atoms with E-state index >= 15 is 0 Å². The summed E-state index contributed by atoms with van der Waals surface area (Å²) in [5, 5.41) is 0. The van der Waals surface area contributed by atoms with E-state index in [1.165, 1.54) is 31.2 Å². The fourth-order valence-corrected chi connectivity index (χ4v) is 1.92.